The zero-order valence-electron chi connectivity index (χ0n) is 19.0. The van der Waals surface area contributed by atoms with Crippen molar-refractivity contribution in [1.29, 1.82) is 0 Å². The minimum atomic E-state index is -0.532. The monoisotopic (exact) mass is 451 g/mol. The van der Waals surface area contributed by atoms with Crippen molar-refractivity contribution >= 4 is 17.5 Å². The van der Waals surface area contributed by atoms with Crippen LogP contribution in [0, 0.1) is 18.7 Å². The van der Waals surface area contributed by atoms with Gasteiger partial charge in [0.15, 0.2) is 17.3 Å². The first-order valence-electron chi connectivity index (χ1n) is 10.7. The van der Waals surface area contributed by atoms with Crippen molar-refractivity contribution in [2.45, 2.75) is 40.3 Å². The van der Waals surface area contributed by atoms with Gasteiger partial charge in [-0.1, -0.05) is 13.8 Å². The first kappa shape index (κ1) is 22.5. The second-order valence-electron chi connectivity index (χ2n) is 8.28. The molecule has 0 bridgehead atoms. The lowest BCUT2D eigenvalue weighted by Gasteiger charge is -2.15. The molecular formula is C23H26FN7O2. The standard InChI is InChI=1S/C23H26FN7O2/c1-14(2)10-25-20-5-6-30(23(33)15(20)3)16(4)21-27-28-22-19(24)9-17(13-31(21)22)18-11-26-29(12-18)7-8-32/h5-6,9-14,16,32H,7-8H2,1-4H3/t16-/m1/s1. The normalized spacial score (nSPS) is 12.9. The number of aliphatic imine (C=N–C) groups is 1. The SMILES string of the molecule is Cc1c(N=CC(C)C)ccn([C@H](C)c2nnc3c(F)cc(-c4cnn(CCO)c4)cn23)c1=O. The number of aliphatic hydroxyl groups is 1. The van der Waals surface area contributed by atoms with E-state index in [1.54, 1.807) is 57.6 Å². The fourth-order valence-corrected chi connectivity index (χ4v) is 3.60. The van der Waals surface area contributed by atoms with Gasteiger partial charge in [0, 0.05) is 41.5 Å². The van der Waals surface area contributed by atoms with Crippen molar-refractivity contribution < 1.29 is 9.50 Å². The molecule has 0 spiro atoms. The van der Waals surface area contributed by atoms with E-state index in [4.69, 9.17) is 5.11 Å². The molecule has 0 aliphatic rings. The minimum absolute atomic E-state index is 0.0443. The predicted octanol–water partition coefficient (Wildman–Crippen LogP) is 3.16. The molecule has 0 radical (unpaired) electrons. The van der Waals surface area contributed by atoms with Crippen LogP contribution in [0.5, 0.6) is 0 Å². The van der Waals surface area contributed by atoms with Crippen molar-refractivity contribution in [3.63, 3.8) is 0 Å². The number of rotatable bonds is 7. The van der Waals surface area contributed by atoms with Crippen LogP contribution in [0.3, 0.4) is 0 Å². The van der Waals surface area contributed by atoms with Gasteiger partial charge in [0.1, 0.15) is 0 Å². The molecule has 4 rings (SSSR count). The molecule has 0 amide bonds. The molecular weight excluding hydrogens is 425 g/mol. The Labute approximate surface area is 189 Å². The average Bonchev–Trinajstić information content (AvgIpc) is 3.42. The molecule has 9 nitrogen and oxygen atoms in total. The molecule has 0 unspecified atom stereocenters. The molecule has 0 saturated heterocycles. The maximum Gasteiger partial charge on any atom is 0.256 e. The van der Waals surface area contributed by atoms with Crippen molar-refractivity contribution in [3.8, 4) is 11.1 Å². The molecule has 33 heavy (non-hydrogen) atoms. The van der Waals surface area contributed by atoms with E-state index in [9.17, 15) is 9.18 Å². The van der Waals surface area contributed by atoms with Gasteiger partial charge < -0.3 is 9.67 Å². The van der Waals surface area contributed by atoms with E-state index in [2.05, 4.69) is 20.3 Å². The van der Waals surface area contributed by atoms with Gasteiger partial charge in [0.2, 0.25) is 0 Å². The zero-order chi connectivity index (χ0) is 23.7. The van der Waals surface area contributed by atoms with E-state index < -0.39 is 11.9 Å². The summed E-state index contributed by atoms with van der Waals surface area (Å²) < 4.78 is 19.5. The van der Waals surface area contributed by atoms with Crippen LogP contribution in [0.15, 0.2) is 46.7 Å². The Morgan fingerprint density at radius 3 is 2.73 bits per heavy atom. The number of pyridine rings is 2. The molecule has 0 saturated carbocycles. The van der Waals surface area contributed by atoms with Crippen molar-refractivity contribution in [2.75, 3.05) is 6.61 Å². The number of fused-ring (bicyclic) bond motifs is 1. The highest BCUT2D eigenvalue weighted by atomic mass is 19.1. The van der Waals surface area contributed by atoms with Crippen molar-refractivity contribution in [2.24, 2.45) is 10.9 Å². The van der Waals surface area contributed by atoms with Crippen molar-refractivity contribution in [3.05, 3.63) is 64.5 Å². The first-order valence-corrected chi connectivity index (χ1v) is 10.7. The Balaban J connectivity index is 1.76. The summed E-state index contributed by atoms with van der Waals surface area (Å²) in [7, 11) is 0. The molecule has 0 aliphatic carbocycles. The summed E-state index contributed by atoms with van der Waals surface area (Å²) in [5.74, 6) is 0.164. The lowest BCUT2D eigenvalue weighted by Crippen LogP contribution is -2.26. The predicted molar refractivity (Wildman–Crippen MR) is 123 cm³/mol. The van der Waals surface area contributed by atoms with Crippen molar-refractivity contribution in [1.82, 2.24) is 28.9 Å². The Bertz CT molecular complexity index is 1380. The van der Waals surface area contributed by atoms with Crippen LogP contribution in [-0.2, 0) is 6.54 Å². The van der Waals surface area contributed by atoms with Crippen LogP contribution >= 0.6 is 0 Å². The smallest absolute Gasteiger partial charge is 0.256 e. The number of halogens is 1. The van der Waals surface area contributed by atoms with E-state index >= 15 is 0 Å². The summed E-state index contributed by atoms with van der Waals surface area (Å²) in [6.45, 7) is 7.89. The minimum Gasteiger partial charge on any atom is -0.394 e. The van der Waals surface area contributed by atoms with Crippen LogP contribution in [0.25, 0.3) is 16.8 Å². The lowest BCUT2D eigenvalue weighted by atomic mass is 10.1. The quantitative estimate of drug-likeness (QED) is 0.435. The molecule has 4 aromatic rings. The van der Waals surface area contributed by atoms with Gasteiger partial charge in [-0.25, -0.2) is 4.39 Å². The molecule has 0 aliphatic heterocycles. The van der Waals surface area contributed by atoms with Gasteiger partial charge >= 0.3 is 0 Å². The number of hydrogen-bond acceptors (Lipinski definition) is 6. The summed E-state index contributed by atoms with van der Waals surface area (Å²) in [6.07, 6.45) is 8.54. The number of aromatic nitrogens is 6. The van der Waals surface area contributed by atoms with Gasteiger partial charge in [-0.15, -0.1) is 10.2 Å². The highest BCUT2D eigenvalue weighted by molar-refractivity contribution is 5.66. The van der Waals surface area contributed by atoms with Gasteiger partial charge in [-0.05, 0) is 31.9 Å². The Morgan fingerprint density at radius 1 is 1.21 bits per heavy atom. The van der Waals surface area contributed by atoms with E-state index in [0.717, 1.165) is 0 Å². The van der Waals surface area contributed by atoms with E-state index in [0.29, 0.717) is 34.7 Å². The second kappa shape index (κ2) is 9.07. The van der Waals surface area contributed by atoms with Gasteiger partial charge in [0.05, 0.1) is 31.1 Å². The van der Waals surface area contributed by atoms with E-state index in [1.165, 1.54) is 6.07 Å². The first-order chi connectivity index (χ1) is 15.8. The van der Waals surface area contributed by atoms with E-state index in [1.807, 2.05) is 20.8 Å². The topological polar surface area (TPSA) is 103 Å². The molecule has 0 aromatic carbocycles. The third-order valence-electron chi connectivity index (χ3n) is 5.42. The lowest BCUT2D eigenvalue weighted by molar-refractivity contribution is 0.269. The van der Waals surface area contributed by atoms with Gasteiger partial charge in [-0.3, -0.25) is 18.9 Å². The zero-order valence-corrected chi connectivity index (χ0v) is 19.0. The van der Waals surface area contributed by atoms with Crippen LogP contribution in [0.4, 0.5) is 10.1 Å². The average molecular weight is 452 g/mol. The maximum atomic E-state index is 14.8. The Morgan fingerprint density at radius 2 is 2.00 bits per heavy atom. The van der Waals surface area contributed by atoms with Crippen LogP contribution in [0.1, 0.15) is 38.2 Å². The highest BCUT2D eigenvalue weighted by Gasteiger charge is 2.20. The molecule has 4 heterocycles. The third kappa shape index (κ3) is 4.34. The largest absolute Gasteiger partial charge is 0.394 e. The third-order valence-corrected chi connectivity index (χ3v) is 5.42. The summed E-state index contributed by atoms with van der Waals surface area (Å²) in [6, 6.07) is 2.66. The fraction of sp³-hybridized carbons (Fsp3) is 0.348. The van der Waals surface area contributed by atoms with Crippen LogP contribution in [-0.4, -0.2) is 46.9 Å². The Hall–Kier alpha value is -3.66. The summed E-state index contributed by atoms with van der Waals surface area (Å²) in [5.41, 5.74) is 2.30. The fourth-order valence-electron chi connectivity index (χ4n) is 3.60. The molecule has 1 atom stereocenters. The van der Waals surface area contributed by atoms with Crippen LogP contribution in [0.2, 0.25) is 0 Å². The molecule has 4 aromatic heterocycles. The molecule has 172 valence electrons. The molecule has 0 fully saturated rings. The number of hydrogen-bond donors (Lipinski definition) is 1. The summed E-state index contributed by atoms with van der Waals surface area (Å²) in [5, 5.41) is 21.5. The molecule has 1 N–H and O–H groups in total. The molecule has 10 heteroatoms. The number of aliphatic hydroxyl groups excluding tert-OH is 1. The van der Waals surface area contributed by atoms with Gasteiger partial charge in [0.25, 0.3) is 5.56 Å². The summed E-state index contributed by atoms with van der Waals surface area (Å²) in [4.78, 5) is 17.5. The number of nitrogens with zero attached hydrogens (tertiary/aromatic N) is 7. The second-order valence-corrected chi connectivity index (χ2v) is 8.28. The Kier molecular flexibility index (Phi) is 6.19. The van der Waals surface area contributed by atoms with Crippen LogP contribution < -0.4 is 5.56 Å². The summed E-state index contributed by atoms with van der Waals surface area (Å²) >= 11 is 0. The van der Waals surface area contributed by atoms with E-state index in [-0.39, 0.29) is 23.7 Å². The van der Waals surface area contributed by atoms with Gasteiger partial charge in [-0.2, -0.15) is 5.10 Å². The maximum absolute atomic E-state index is 14.8. The highest BCUT2D eigenvalue weighted by Crippen LogP contribution is 2.25.